The summed E-state index contributed by atoms with van der Waals surface area (Å²) in [6.45, 7) is 1.68. The van der Waals surface area contributed by atoms with Crippen molar-refractivity contribution >= 4 is 15.1 Å². The highest BCUT2D eigenvalue weighted by molar-refractivity contribution is 7.99. The first-order valence-corrected chi connectivity index (χ1v) is 6.27. The molecule has 2 aromatic rings. The molecule has 0 radical (unpaired) electrons. The van der Waals surface area contributed by atoms with Gasteiger partial charge in [0.25, 0.3) is 0 Å². The van der Waals surface area contributed by atoms with Crippen LogP contribution in [0.1, 0.15) is 6.92 Å². The van der Waals surface area contributed by atoms with E-state index in [4.69, 9.17) is 5.14 Å². The molecule has 0 bridgehead atoms. The predicted molar refractivity (Wildman–Crippen MR) is 61.5 cm³/mol. The van der Waals surface area contributed by atoms with Gasteiger partial charge in [0.05, 0.1) is 15.4 Å². The lowest BCUT2D eigenvalue weighted by molar-refractivity contribution is 0.682. The van der Waals surface area contributed by atoms with Crippen molar-refractivity contribution in [2.75, 3.05) is 0 Å². The number of tetrazole rings is 1. The normalized spacial score (nSPS) is 14.4. The Hall–Kier alpha value is -1.73. The summed E-state index contributed by atoms with van der Waals surface area (Å²) in [4.78, 5) is 0.590. The molecule has 0 fully saturated rings. The first-order chi connectivity index (χ1) is 7.63. The van der Waals surface area contributed by atoms with E-state index < -0.39 is 9.71 Å². The van der Waals surface area contributed by atoms with Crippen LogP contribution in [0.25, 0.3) is 5.69 Å². The van der Waals surface area contributed by atoms with E-state index in [1.165, 1.54) is 16.4 Å². The van der Waals surface area contributed by atoms with Crippen molar-refractivity contribution in [1.82, 2.24) is 20.2 Å². The Morgan fingerprint density at radius 1 is 1.38 bits per heavy atom. The van der Waals surface area contributed by atoms with Gasteiger partial charge >= 0.3 is 0 Å². The molecule has 0 saturated carbocycles. The first kappa shape index (κ1) is 10.8. The third-order valence-electron chi connectivity index (χ3n) is 2.17. The maximum atomic E-state index is 11.8. The zero-order valence-electron chi connectivity index (χ0n) is 8.65. The Bertz CT molecular complexity index is 581. The largest absolute Gasteiger partial charge is 0.255 e. The summed E-state index contributed by atoms with van der Waals surface area (Å²) >= 11 is 0. The van der Waals surface area contributed by atoms with Crippen molar-refractivity contribution in [3.8, 4) is 5.69 Å². The molecule has 0 aliphatic carbocycles. The number of nitrogens with two attached hydrogens (primary N) is 1. The molecule has 1 aromatic carbocycles. The number of nitrogens with zero attached hydrogens (tertiary/aromatic N) is 4. The van der Waals surface area contributed by atoms with E-state index in [1.807, 2.05) is 0 Å². The van der Waals surface area contributed by atoms with E-state index in [-0.39, 0.29) is 0 Å². The minimum Gasteiger partial charge on any atom is -0.255 e. The van der Waals surface area contributed by atoms with Gasteiger partial charge in [-0.3, -0.25) is 5.14 Å². The minimum atomic E-state index is -2.52. The minimum absolute atomic E-state index is 0.590. The summed E-state index contributed by atoms with van der Waals surface area (Å²) in [6, 6.07) is 6.95. The lowest BCUT2D eigenvalue weighted by Crippen LogP contribution is -2.14. The molecule has 6 nitrogen and oxygen atoms in total. The Labute approximate surface area is 93.2 Å². The summed E-state index contributed by atoms with van der Waals surface area (Å²) in [5.41, 5.74) is 0.792. The molecule has 0 aliphatic heterocycles. The van der Waals surface area contributed by atoms with Crippen LogP contribution in [0, 0.1) is 0 Å². The van der Waals surface area contributed by atoms with E-state index in [0.29, 0.717) is 4.90 Å². The second-order valence-corrected chi connectivity index (χ2v) is 5.37. The Morgan fingerprint density at radius 2 is 2.06 bits per heavy atom. The fourth-order valence-corrected chi connectivity index (χ4v) is 2.06. The molecule has 2 N–H and O–H groups in total. The molecule has 0 spiro atoms. The number of hydrogen-bond acceptors (Lipinski definition) is 4. The van der Waals surface area contributed by atoms with E-state index in [0.717, 1.165) is 5.69 Å². The zero-order valence-corrected chi connectivity index (χ0v) is 9.46. The van der Waals surface area contributed by atoms with Crippen LogP contribution in [0.2, 0.25) is 0 Å². The molecule has 2 rings (SSSR count). The molecule has 1 atom stereocenters. The van der Waals surface area contributed by atoms with Crippen LogP contribution in [0.5, 0.6) is 0 Å². The maximum Gasteiger partial charge on any atom is 0.143 e. The van der Waals surface area contributed by atoms with Crippen molar-refractivity contribution < 1.29 is 4.21 Å². The highest BCUT2D eigenvalue weighted by Crippen LogP contribution is 2.11. The third kappa shape index (κ3) is 1.95. The van der Waals surface area contributed by atoms with Crippen LogP contribution in [-0.4, -0.2) is 29.8 Å². The predicted octanol–water partition coefficient (Wildman–Crippen LogP) is 0.00140. The average molecular weight is 237 g/mol. The van der Waals surface area contributed by atoms with Gasteiger partial charge in [0.2, 0.25) is 0 Å². The lowest BCUT2D eigenvalue weighted by atomic mass is 10.3. The van der Waals surface area contributed by atoms with Crippen LogP contribution >= 0.6 is 0 Å². The topological polar surface area (TPSA) is 86.7 Å². The standard InChI is InChI=1S/C9H11N5OS/c1-2-16(10,15)9-5-3-8(4-6-9)14-7-11-12-13-14/h2-7H,1H3,(H2,10,15). The molecule has 7 heteroatoms. The smallest absolute Gasteiger partial charge is 0.143 e. The monoisotopic (exact) mass is 237 g/mol. The Kier molecular flexibility index (Phi) is 2.71. The highest BCUT2D eigenvalue weighted by atomic mass is 32.2. The van der Waals surface area contributed by atoms with E-state index in [2.05, 4.69) is 15.5 Å². The Balaban J connectivity index is 2.42. The second kappa shape index (κ2) is 4.03. The molecule has 0 aliphatic rings. The van der Waals surface area contributed by atoms with Gasteiger partial charge < -0.3 is 0 Å². The van der Waals surface area contributed by atoms with E-state index in [1.54, 1.807) is 31.2 Å². The van der Waals surface area contributed by atoms with E-state index in [9.17, 15) is 4.21 Å². The van der Waals surface area contributed by atoms with Crippen LogP contribution in [-0.2, 0) is 9.71 Å². The molecule has 84 valence electrons. The van der Waals surface area contributed by atoms with Crippen molar-refractivity contribution in [3.63, 3.8) is 0 Å². The quantitative estimate of drug-likeness (QED) is 0.745. The number of benzene rings is 1. The summed E-state index contributed by atoms with van der Waals surface area (Å²) in [5, 5.41) is 17.9. The summed E-state index contributed by atoms with van der Waals surface area (Å²) in [6.07, 6.45) is 1.49. The summed E-state index contributed by atoms with van der Waals surface area (Å²) in [7, 11) is -2.52. The molecule has 1 unspecified atom stereocenters. The SMILES string of the molecule is CC=S(N)(=O)c1ccc(-n2cnnn2)cc1. The fourth-order valence-electron chi connectivity index (χ4n) is 1.23. The molecular weight excluding hydrogens is 226 g/mol. The van der Waals surface area contributed by atoms with Gasteiger partial charge in [-0.2, -0.15) is 0 Å². The molecule has 1 heterocycles. The van der Waals surface area contributed by atoms with Gasteiger partial charge in [-0.05, 0) is 47.0 Å². The Morgan fingerprint density at radius 3 is 2.56 bits per heavy atom. The van der Waals surface area contributed by atoms with Crippen LogP contribution in [0.3, 0.4) is 0 Å². The zero-order chi connectivity index (χ0) is 11.6. The lowest BCUT2D eigenvalue weighted by Gasteiger charge is -2.05. The molecular formula is C9H11N5OS. The van der Waals surface area contributed by atoms with Crippen LogP contribution in [0.4, 0.5) is 0 Å². The van der Waals surface area contributed by atoms with Gasteiger partial charge in [-0.25, -0.2) is 8.89 Å². The number of rotatable bonds is 2. The van der Waals surface area contributed by atoms with Crippen molar-refractivity contribution in [3.05, 3.63) is 30.6 Å². The van der Waals surface area contributed by atoms with Gasteiger partial charge in [-0.1, -0.05) is 0 Å². The molecule has 0 saturated heterocycles. The number of aromatic nitrogens is 4. The van der Waals surface area contributed by atoms with Gasteiger partial charge in [0.15, 0.2) is 0 Å². The van der Waals surface area contributed by atoms with E-state index >= 15 is 0 Å². The fraction of sp³-hybridized carbons (Fsp3) is 0.111. The van der Waals surface area contributed by atoms with Crippen molar-refractivity contribution in [1.29, 1.82) is 0 Å². The second-order valence-electron chi connectivity index (χ2n) is 3.13. The van der Waals surface area contributed by atoms with Crippen molar-refractivity contribution in [2.45, 2.75) is 11.8 Å². The summed E-state index contributed by atoms with van der Waals surface area (Å²) in [5.74, 6) is 0. The first-order valence-electron chi connectivity index (χ1n) is 4.58. The molecule has 16 heavy (non-hydrogen) atoms. The maximum absolute atomic E-state index is 11.8. The average Bonchev–Trinajstić information content (AvgIpc) is 2.83. The third-order valence-corrected chi connectivity index (χ3v) is 3.88. The molecule has 0 amide bonds. The van der Waals surface area contributed by atoms with Gasteiger partial charge in [0, 0.05) is 4.90 Å². The van der Waals surface area contributed by atoms with Crippen LogP contribution in [0.15, 0.2) is 35.5 Å². The van der Waals surface area contributed by atoms with Gasteiger partial charge in [0.1, 0.15) is 6.33 Å². The molecule has 1 aromatic heterocycles. The highest BCUT2D eigenvalue weighted by Gasteiger charge is 2.04. The van der Waals surface area contributed by atoms with Gasteiger partial charge in [-0.15, -0.1) is 5.10 Å². The summed E-state index contributed by atoms with van der Waals surface area (Å²) < 4.78 is 13.3. The van der Waals surface area contributed by atoms with Crippen LogP contribution < -0.4 is 5.14 Å². The number of hydrogen-bond donors (Lipinski definition) is 1. The van der Waals surface area contributed by atoms with Crippen molar-refractivity contribution in [2.24, 2.45) is 5.14 Å².